The van der Waals surface area contributed by atoms with E-state index >= 15 is 0 Å². The molecule has 1 aliphatic heterocycles. The number of para-hydroxylation sites is 1. The van der Waals surface area contributed by atoms with Crippen LogP contribution in [-0.4, -0.2) is 41.2 Å². The number of rotatable bonds is 5. The summed E-state index contributed by atoms with van der Waals surface area (Å²) >= 11 is 0. The first-order chi connectivity index (χ1) is 14.9. The Balaban J connectivity index is 1.46. The van der Waals surface area contributed by atoms with E-state index in [0.29, 0.717) is 31.7 Å². The van der Waals surface area contributed by atoms with Crippen molar-refractivity contribution in [3.05, 3.63) is 95.3 Å². The van der Waals surface area contributed by atoms with Crippen LogP contribution in [0, 0.1) is 0 Å². The molecule has 0 aliphatic carbocycles. The van der Waals surface area contributed by atoms with E-state index in [9.17, 15) is 18.3 Å². The van der Waals surface area contributed by atoms with E-state index < -0.39 is 17.8 Å². The third kappa shape index (κ3) is 4.89. The second-order valence-electron chi connectivity index (χ2n) is 7.67. The zero-order valence-electron chi connectivity index (χ0n) is 17.0. The summed E-state index contributed by atoms with van der Waals surface area (Å²) in [6, 6.07) is 17.1. The number of hydrogen-bond acceptors (Lipinski definition) is 4. The van der Waals surface area contributed by atoms with E-state index in [-0.39, 0.29) is 6.54 Å². The fraction of sp³-hybridized carbons (Fsp3) is 0.292. The molecule has 2 aromatic carbocycles. The molecule has 7 heteroatoms. The highest BCUT2D eigenvalue weighted by Crippen LogP contribution is 2.33. The molecule has 0 spiro atoms. The Bertz CT molecular complexity index is 1000. The van der Waals surface area contributed by atoms with Gasteiger partial charge in [0, 0.05) is 61.9 Å². The van der Waals surface area contributed by atoms with Crippen molar-refractivity contribution < 1.29 is 18.3 Å². The molecule has 2 heterocycles. The van der Waals surface area contributed by atoms with Crippen molar-refractivity contribution in [3.8, 4) is 0 Å². The van der Waals surface area contributed by atoms with Crippen molar-refractivity contribution in [1.82, 2.24) is 9.88 Å². The van der Waals surface area contributed by atoms with Gasteiger partial charge in [0.2, 0.25) is 0 Å². The van der Waals surface area contributed by atoms with Gasteiger partial charge in [-0.05, 0) is 23.8 Å². The first kappa shape index (κ1) is 21.3. The molecule has 0 unspecified atom stereocenters. The number of anilines is 1. The summed E-state index contributed by atoms with van der Waals surface area (Å²) in [5.74, 6) is 0. The molecule has 3 aromatic rings. The minimum atomic E-state index is -4.35. The van der Waals surface area contributed by atoms with Crippen molar-refractivity contribution in [2.75, 3.05) is 31.1 Å². The monoisotopic (exact) mass is 427 g/mol. The average molecular weight is 427 g/mol. The second kappa shape index (κ2) is 9.08. The van der Waals surface area contributed by atoms with E-state index in [1.807, 2.05) is 35.2 Å². The molecule has 4 rings (SSSR count). The van der Waals surface area contributed by atoms with Gasteiger partial charge in [-0.15, -0.1) is 0 Å². The number of pyridine rings is 1. The maximum absolute atomic E-state index is 13.3. The van der Waals surface area contributed by atoms with E-state index in [1.165, 1.54) is 6.07 Å². The van der Waals surface area contributed by atoms with Crippen LogP contribution in [0.15, 0.2) is 73.1 Å². The number of aliphatic hydroxyl groups is 1. The number of aliphatic hydroxyl groups excluding tert-OH is 1. The van der Waals surface area contributed by atoms with Gasteiger partial charge in [0.05, 0.1) is 5.56 Å². The molecule has 1 saturated heterocycles. The van der Waals surface area contributed by atoms with Crippen LogP contribution in [0.4, 0.5) is 18.9 Å². The average Bonchev–Trinajstić information content (AvgIpc) is 2.79. The third-order valence-electron chi connectivity index (χ3n) is 5.66. The van der Waals surface area contributed by atoms with Crippen molar-refractivity contribution >= 4 is 5.69 Å². The molecule has 0 amide bonds. The first-order valence-electron chi connectivity index (χ1n) is 10.2. The normalized spacial score (nSPS) is 16.3. The zero-order chi connectivity index (χ0) is 21.8. The number of hydrogen-bond donors (Lipinski definition) is 1. The summed E-state index contributed by atoms with van der Waals surface area (Å²) in [5, 5.41) is 10.9. The van der Waals surface area contributed by atoms with Gasteiger partial charge < -0.3 is 10.0 Å². The van der Waals surface area contributed by atoms with E-state index in [4.69, 9.17) is 0 Å². The summed E-state index contributed by atoms with van der Waals surface area (Å²) in [4.78, 5) is 8.31. The molecule has 1 N–H and O–H groups in total. The molecular formula is C24H24F3N3O. The van der Waals surface area contributed by atoms with Crippen LogP contribution >= 0.6 is 0 Å². The Morgan fingerprint density at radius 1 is 0.903 bits per heavy atom. The highest BCUT2D eigenvalue weighted by atomic mass is 19.4. The highest BCUT2D eigenvalue weighted by Gasteiger charge is 2.33. The molecule has 1 atom stereocenters. The number of piperazine rings is 1. The lowest BCUT2D eigenvalue weighted by Crippen LogP contribution is -2.46. The molecule has 0 radical (unpaired) electrons. The summed E-state index contributed by atoms with van der Waals surface area (Å²) in [5.41, 5.74) is 2.19. The van der Waals surface area contributed by atoms with Crippen LogP contribution in [0.5, 0.6) is 0 Å². The van der Waals surface area contributed by atoms with Crippen LogP contribution in [-0.2, 0) is 12.7 Å². The molecule has 1 aromatic heterocycles. The van der Waals surface area contributed by atoms with Crippen molar-refractivity contribution in [2.24, 2.45) is 0 Å². The number of benzene rings is 2. The summed E-state index contributed by atoms with van der Waals surface area (Å²) in [6.45, 7) is 2.90. The van der Waals surface area contributed by atoms with Crippen LogP contribution in [0.25, 0.3) is 0 Å². The Kier molecular flexibility index (Phi) is 6.25. The Morgan fingerprint density at radius 3 is 2.32 bits per heavy atom. The summed E-state index contributed by atoms with van der Waals surface area (Å²) in [7, 11) is 0. The number of halogens is 3. The molecule has 0 saturated carbocycles. The molecule has 1 aliphatic rings. The van der Waals surface area contributed by atoms with Gasteiger partial charge in [0.15, 0.2) is 0 Å². The molecule has 4 nitrogen and oxygen atoms in total. The van der Waals surface area contributed by atoms with Gasteiger partial charge in [0.25, 0.3) is 0 Å². The smallest absolute Gasteiger partial charge is 0.384 e. The largest absolute Gasteiger partial charge is 0.416 e. The van der Waals surface area contributed by atoms with Crippen LogP contribution in [0.1, 0.15) is 28.4 Å². The lowest BCUT2D eigenvalue weighted by molar-refractivity contribution is -0.138. The SMILES string of the molecule is O[C@H](c1cccnc1)c1ccccc1N1CCN(Cc2ccccc2C(F)(F)F)CC1. The van der Waals surface area contributed by atoms with Crippen LogP contribution in [0.2, 0.25) is 0 Å². The van der Waals surface area contributed by atoms with Crippen molar-refractivity contribution in [1.29, 1.82) is 0 Å². The Morgan fingerprint density at radius 2 is 1.61 bits per heavy atom. The van der Waals surface area contributed by atoms with E-state index in [1.54, 1.807) is 30.6 Å². The quantitative estimate of drug-likeness (QED) is 0.651. The van der Waals surface area contributed by atoms with Crippen LogP contribution in [0.3, 0.4) is 0 Å². The first-order valence-corrected chi connectivity index (χ1v) is 10.2. The van der Waals surface area contributed by atoms with Gasteiger partial charge >= 0.3 is 6.18 Å². The summed E-state index contributed by atoms with van der Waals surface area (Å²) in [6.07, 6.45) is -1.82. The minimum Gasteiger partial charge on any atom is -0.384 e. The predicted molar refractivity (Wildman–Crippen MR) is 114 cm³/mol. The highest BCUT2D eigenvalue weighted by molar-refractivity contribution is 5.56. The van der Waals surface area contributed by atoms with Crippen molar-refractivity contribution in [2.45, 2.75) is 18.8 Å². The van der Waals surface area contributed by atoms with Gasteiger partial charge in [-0.2, -0.15) is 13.2 Å². The Labute approximate surface area is 179 Å². The molecule has 1 fully saturated rings. The predicted octanol–water partition coefficient (Wildman–Crippen LogP) is 4.50. The summed E-state index contributed by atoms with van der Waals surface area (Å²) < 4.78 is 39.9. The van der Waals surface area contributed by atoms with E-state index in [0.717, 1.165) is 22.9 Å². The Hall–Kier alpha value is -2.90. The number of alkyl halides is 3. The lowest BCUT2D eigenvalue weighted by Gasteiger charge is -2.37. The maximum Gasteiger partial charge on any atom is 0.416 e. The van der Waals surface area contributed by atoms with Gasteiger partial charge in [-0.25, -0.2) is 0 Å². The standard InChI is InChI=1S/C24H24F3N3O/c25-24(26,27)21-9-3-1-6-19(21)17-29-12-14-30(15-13-29)22-10-4-2-8-20(22)23(31)18-7-5-11-28-16-18/h1-11,16,23,31H,12-15,17H2/t23-/m1/s1. The van der Waals surface area contributed by atoms with Gasteiger partial charge in [-0.1, -0.05) is 42.5 Å². The van der Waals surface area contributed by atoms with E-state index in [2.05, 4.69) is 9.88 Å². The number of nitrogens with zero attached hydrogens (tertiary/aromatic N) is 3. The fourth-order valence-corrected chi connectivity index (χ4v) is 4.05. The van der Waals surface area contributed by atoms with Crippen LogP contribution < -0.4 is 4.90 Å². The number of aromatic nitrogens is 1. The van der Waals surface area contributed by atoms with Gasteiger partial charge in [-0.3, -0.25) is 9.88 Å². The third-order valence-corrected chi connectivity index (χ3v) is 5.66. The minimum absolute atomic E-state index is 0.267. The fourth-order valence-electron chi connectivity index (χ4n) is 4.05. The molecule has 31 heavy (non-hydrogen) atoms. The second-order valence-corrected chi connectivity index (χ2v) is 7.67. The molecule has 0 bridgehead atoms. The topological polar surface area (TPSA) is 39.6 Å². The maximum atomic E-state index is 13.3. The molecular weight excluding hydrogens is 403 g/mol. The van der Waals surface area contributed by atoms with Crippen molar-refractivity contribution in [3.63, 3.8) is 0 Å². The lowest BCUT2D eigenvalue weighted by atomic mass is 10.00. The van der Waals surface area contributed by atoms with Gasteiger partial charge in [0.1, 0.15) is 6.10 Å². The molecule has 162 valence electrons. The zero-order valence-corrected chi connectivity index (χ0v) is 17.0.